The van der Waals surface area contributed by atoms with Crippen molar-refractivity contribution in [3.8, 4) is 0 Å². The topological polar surface area (TPSA) is 147 Å². The molecule has 10 nitrogen and oxygen atoms in total. The zero-order valence-electron chi connectivity index (χ0n) is 12.9. The number of rotatable bonds is 7. The van der Waals surface area contributed by atoms with Crippen LogP contribution in [0.1, 0.15) is 37.3 Å². The lowest BCUT2D eigenvalue weighted by Crippen LogP contribution is -2.34. The fraction of sp³-hybridized carbons (Fsp3) is 0.357. The average Bonchev–Trinajstić information content (AvgIpc) is 2.88. The second kappa shape index (κ2) is 8.27. The Bertz CT molecular complexity index is 789. The number of amides is 2. The van der Waals surface area contributed by atoms with Gasteiger partial charge in [-0.1, -0.05) is 29.4 Å². The molecule has 1 aliphatic heterocycles. The van der Waals surface area contributed by atoms with Crippen molar-refractivity contribution < 1.29 is 27.0 Å². The number of thiol groups is 1. The fourth-order valence-electron chi connectivity index (χ4n) is 2.58. The van der Waals surface area contributed by atoms with Gasteiger partial charge in [-0.25, -0.2) is 0 Å². The number of azide groups is 1. The third kappa shape index (κ3) is 4.78. The molecule has 1 heterocycles. The second-order valence-electron chi connectivity index (χ2n) is 5.18. The molecule has 0 N–H and O–H groups in total. The number of hydrogen-bond donors (Lipinski definition) is 1. The Morgan fingerprint density at radius 3 is 2.36 bits per heavy atom. The summed E-state index contributed by atoms with van der Waals surface area (Å²) >= 11 is 0. The highest BCUT2D eigenvalue weighted by Crippen LogP contribution is 2.32. The standard InChI is InChI=1S/C14H14N4O6S/c15-17-16-10-3-1-9(2-4-10)11(5-8-14(21)24-25(22)23)18-12(19)6-7-13(18)20/h1-4,11,25H,5-8H2. The van der Waals surface area contributed by atoms with Crippen LogP contribution in [0.25, 0.3) is 10.4 Å². The van der Waals surface area contributed by atoms with Crippen LogP contribution in [-0.4, -0.2) is 31.1 Å². The minimum absolute atomic E-state index is 0.0142. The van der Waals surface area contributed by atoms with E-state index in [4.69, 9.17) is 5.53 Å². The van der Waals surface area contributed by atoms with Crippen LogP contribution in [0.5, 0.6) is 0 Å². The zero-order chi connectivity index (χ0) is 18.4. The summed E-state index contributed by atoms with van der Waals surface area (Å²) in [6.07, 6.45) is -0.102. The maximum absolute atomic E-state index is 12.0. The van der Waals surface area contributed by atoms with Gasteiger partial charge in [-0.2, -0.15) is 8.42 Å². The smallest absolute Gasteiger partial charge is 0.321 e. The van der Waals surface area contributed by atoms with E-state index in [2.05, 4.69) is 14.2 Å². The van der Waals surface area contributed by atoms with Gasteiger partial charge in [-0.15, -0.1) is 0 Å². The first-order valence-electron chi connectivity index (χ1n) is 7.27. The van der Waals surface area contributed by atoms with Gasteiger partial charge in [0.15, 0.2) is 0 Å². The molecule has 1 unspecified atom stereocenters. The van der Waals surface area contributed by atoms with E-state index in [0.29, 0.717) is 11.3 Å². The fourth-order valence-corrected chi connectivity index (χ4v) is 2.84. The predicted octanol–water partition coefficient (Wildman–Crippen LogP) is 1.67. The third-order valence-electron chi connectivity index (χ3n) is 3.64. The molecular formula is C14H14N4O6S. The van der Waals surface area contributed by atoms with Gasteiger partial charge < -0.3 is 4.18 Å². The van der Waals surface area contributed by atoms with Crippen LogP contribution in [0.4, 0.5) is 5.69 Å². The first-order valence-corrected chi connectivity index (χ1v) is 8.37. The SMILES string of the molecule is [N-]=[N+]=Nc1ccc(C(CCC(=O)O[SH](=O)=O)N2C(=O)CCC2=O)cc1. The second-order valence-corrected chi connectivity index (χ2v) is 5.81. The van der Waals surface area contributed by atoms with Crippen LogP contribution in [0.15, 0.2) is 29.4 Å². The molecule has 1 atom stereocenters. The molecule has 1 fully saturated rings. The van der Waals surface area contributed by atoms with Crippen molar-refractivity contribution in [3.05, 3.63) is 40.3 Å². The summed E-state index contributed by atoms with van der Waals surface area (Å²) in [6.45, 7) is 0. The van der Waals surface area contributed by atoms with Gasteiger partial charge in [-0.05, 0) is 17.5 Å². The van der Waals surface area contributed by atoms with E-state index in [1.54, 1.807) is 12.1 Å². The Morgan fingerprint density at radius 2 is 1.84 bits per heavy atom. The molecule has 1 aromatic carbocycles. The summed E-state index contributed by atoms with van der Waals surface area (Å²) in [5.74, 6) is -1.69. The largest absolute Gasteiger partial charge is 0.348 e. The van der Waals surface area contributed by atoms with E-state index < -0.39 is 23.0 Å². The van der Waals surface area contributed by atoms with Crippen LogP contribution < -0.4 is 0 Å². The van der Waals surface area contributed by atoms with E-state index in [-0.39, 0.29) is 37.5 Å². The molecule has 132 valence electrons. The summed E-state index contributed by atoms with van der Waals surface area (Å²) in [4.78, 5) is 39.2. The summed E-state index contributed by atoms with van der Waals surface area (Å²) in [5, 5.41) is 3.43. The van der Waals surface area contributed by atoms with Gasteiger partial charge in [0.05, 0.1) is 6.04 Å². The van der Waals surface area contributed by atoms with Gasteiger partial charge in [0.1, 0.15) is 0 Å². The third-order valence-corrected chi connectivity index (χ3v) is 3.99. The van der Waals surface area contributed by atoms with Crippen LogP contribution in [-0.2, 0) is 29.6 Å². The molecule has 1 saturated heterocycles. The Morgan fingerprint density at radius 1 is 1.24 bits per heavy atom. The zero-order valence-corrected chi connectivity index (χ0v) is 13.8. The molecule has 0 aromatic heterocycles. The molecule has 0 radical (unpaired) electrons. The summed E-state index contributed by atoms with van der Waals surface area (Å²) in [5.41, 5.74) is 9.33. The van der Waals surface area contributed by atoms with Gasteiger partial charge in [0.25, 0.3) is 0 Å². The van der Waals surface area contributed by atoms with E-state index in [1.807, 2.05) is 0 Å². The van der Waals surface area contributed by atoms with E-state index >= 15 is 0 Å². The van der Waals surface area contributed by atoms with Crippen molar-refractivity contribution in [1.29, 1.82) is 0 Å². The lowest BCUT2D eigenvalue weighted by atomic mass is 10.00. The van der Waals surface area contributed by atoms with Gasteiger partial charge in [0, 0.05) is 29.9 Å². The molecule has 0 spiro atoms. The molecule has 0 saturated carbocycles. The van der Waals surface area contributed by atoms with Gasteiger partial charge in [-0.3, -0.25) is 19.3 Å². The van der Waals surface area contributed by atoms with Gasteiger partial charge >= 0.3 is 17.0 Å². The first-order chi connectivity index (χ1) is 11.9. The maximum atomic E-state index is 12.0. The van der Waals surface area contributed by atoms with Crippen molar-refractivity contribution in [2.45, 2.75) is 31.7 Å². The van der Waals surface area contributed by atoms with Gasteiger partial charge in [0.2, 0.25) is 11.8 Å². The van der Waals surface area contributed by atoms with Crippen molar-refractivity contribution in [2.75, 3.05) is 0 Å². The molecule has 0 bridgehead atoms. The highest BCUT2D eigenvalue weighted by atomic mass is 32.2. The predicted molar refractivity (Wildman–Crippen MR) is 84.7 cm³/mol. The Labute approximate surface area is 144 Å². The van der Waals surface area contributed by atoms with E-state index in [0.717, 1.165) is 4.90 Å². The van der Waals surface area contributed by atoms with Crippen molar-refractivity contribution in [3.63, 3.8) is 0 Å². The van der Waals surface area contributed by atoms with Crippen molar-refractivity contribution >= 4 is 34.5 Å². The van der Waals surface area contributed by atoms with E-state index in [1.165, 1.54) is 12.1 Å². The van der Waals surface area contributed by atoms with Crippen LogP contribution in [0.2, 0.25) is 0 Å². The maximum Gasteiger partial charge on any atom is 0.321 e. The Kier molecular flexibility index (Phi) is 6.09. The molecule has 2 rings (SSSR count). The number of carbonyl (C=O) groups is 3. The average molecular weight is 366 g/mol. The van der Waals surface area contributed by atoms with Crippen LogP contribution in [0.3, 0.4) is 0 Å². The number of imide groups is 1. The lowest BCUT2D eigenvalue weighted by Gasteiger charge is -2.26. The van der Waals surface area contributed by atoms with Crippen molar-refractivity contribution in [1.82, 2.24) is 4.90 Å². The Hall–Kier alpha value is -2.91. The quantitative estimate of drug-likeness (QED) is 0.255. The molecule has 11 heteroatoms. The Balaban J connectivity index is 2.25. The molecule has 25 heavy (non-hydrogen) atoms. The van der Waals surface area contributed by atoms with E-state index in [9.17, 15) is 22.8 Å². The number of nitrogens with zero attached hydrogens (tertiary/aromatic N) is 4. The lowest BCUT2D eigenvalue weighted by molar-refractivity contribution is -0.143. The molecule has 1 aliphatic rings. The summed E-state index contributed by atoms with van der Waals surface area (Å²) < 4.78 is 24.9. The van der Waals surface area contributed by atoms with Crippen LogP contribution in [0, 0.1) is 0 Å². The molecule has 1 aromatic rings. The molecule has 2 amide bonds. The molecule has 0 aliphatic carbocycles. The minimum Gasteiger partial charge on any atom is -0.348 e. The van der Waals surface area contributed by atoms with Crippen molar-refractivity contribution in [2.24, 2.45) is 5.11 Å². The number of carbonyl (C=O) groups excluding carboxylic acids is 3. The monoisotopic (exact) mass is 366 g/mol. The number of hydrogen-bond acceptors (Lipinski definition) is 7. The summed E-state index contributed by atoms with van der Waals surface area (Å²) in [7, 11) is -3.30. The summed E-state index contributed by atoms with van der Waals surface area (Å²) in [6, 6.07) is 5.44. The normalized spacial score (nSPS) is 15.2. The highest BCUT2D eigenvalue weighted by molar-refractivity contribution is 7.67. The highest BCUT2D eigenvalue weighted by Gasteiger charge is 2.36. The van der Waals surface area contributed by atoms with Crippen LogP contribution >= 0.6 is 0 Å². The first kappa shape index (κ1) is 18.4. The minimum atomic E-state index is -3.30. The number of likely N-dealkylation sites (tertiary alicyclic amines) is 1. The number of benzene rings is 1. The molecular weight excluding hydrogens is 352 g/mol.